The van der Waals surface area contributed by atoms with E-state index in [2.05, 4.69) is 48.0 Å². The average Bonchev–Trinajstić information content (AvgIpc) is 3.39. The lowest BCUT2D eigenvalue weighted by Gasteiger charge is -2.36. The van der Waals surface area contributed by atoms with E-state index in [1.165, 1.54) is 16.5 Å². The Hall–Kier alpha value is -3.52. The summed E-state index contributed by atoms with van der Waals surface area (Å²) in [4.78, 5) is 33.7. The maximum absolute atomic E-state index is 13.3. The van der Waals surface area contributed by atoms with Crippen LogP contribution in [0.2, 0.25) is 0 Å². The number of rotatable bonds is 8. The molecule has 8 heteroatoms. The zero-order valence-electron chi connectivity index (χ0n) is 27.5. The highest BCUT2D eigenvalue weighted by Crippen LogP contribution is 2.40. The van der Waals surface area contributed by atoms with Gasteiger partial charge in [-0.25, -0.2) is 0 Å². The van der Waals surface area contributed by atoms with Crippen molar-refractivity contribution in [2.75, 3.05) is 46.9 Å². The zero-order valence-corrected chi connectivity index (χ0v) is 27.5. The van der Waals surface area contributed by atoms with Crippen LogP contribution >= 0.6 is 0 Å². The van der Waals surface area contributed by atoms with Gasteiger partial charge >= 0.3 is 5.97 Å². The summed E-state index contributed by atoms with van der Waals surface area (Å²) in [7, 11) is 3.32. The third kappa shape index (κ3) is 7.06. The molecule has 2 fully saturated rings. The number of carbonyl (C=O) groups excluding carboxylic acids is 2. The first-order chi connectivity index (χ1) is 21.0. The van der Waals surface area contributed by atoms with Gasteiger partial charge in [0.2, 0.25) is 5.91 Å². The maximum Gasteiger partial charge on any atom is 0.310 e. The molecule has 5 rings (SSSR count). The van der Waals surface area contributed by atoms with Crippen molar-refractivity contribution in [3.05, 3.63) is 47.5 Å². The van der Waals surface area contributed by atoms with E-state index in [4.69, 9.17) is 14.2 Å². The summed E-state index contributed by atoms with van der Waals surface area (Å²) in [6.07, 6.45) is 3.63. The molecule has 1 atom stereocenters. The number of aromatic nitrogens is 1. The summed E-state index contributed by atoms with van der Waals surface area (Å²) < 4.78 is 16.7. The van der Waals surface area contributed by atoms with E-state index in [9.17, 15) is 9.59 Å². The minimum Gasteiger partial charge on any atom is -0.493 e. The molecule has 0 spiro atoms. The van der Waals surface area contributed by atoms with Crippen LogP contribution in [0, 0.1) is 5.92 Å². The fourth-order valence-electron chi connectivity index (χ4n) is 6.83. The third-order valence-electron chi connectivity index (χ3n) is 9.04. The van der Waals surface area contributed by atoms with Crippen molar-refractivity contribution >= 4 is 22.8 Å². The summed E-state index contributed by atoms with van der Waals surface area (Å²) in [5.74, 6) is 2.02. The first-order valence-corrected chi connectivity index (χ1v) is 16.1. The molecule has 2 aliphatic heterocycles. The van der Waals surface area contributed by atoms with Gasteiger partial charge in [0.15, 0.2) is 11.5 Å². The molecular weight excluding hydrogens is 554 g/mol. The number of esters is 1. The lowest BCUT2D eigenvalue weighted by molar-refractivity contribution is -0.162. The number of nitrogens with zero attached hydrogens (tertiary/aromatic N) is 2. The highest BCUT2D eigenvalue weighted by Gasteiger charge is 2.32. The highest BCUT2D eigenvalue weighted by molar-refractivity contribution is 5.92. The predicted molar refractivity (Wildman–Crippen MR) is 174 cm³/mol. The molecule has 1 aromatic heterocycles. The second-order valence-electron chi connectivity index (χ2n) is 13.7. The molecule has 44 heavy (non-hydrogen) atoms. The average molecular weight is 604 g/mol. The molecule has 0 aliphatic carbocycles. The minimum atomic E-state index is -0.492. The first kappa shape index (κ1) is 31.9. The predicted octanol–water partition coefficient (Wildman–Crippen LogP) is 6.74. The Morgan fingerprint density at radius 1 is 0.955 bits per heavy atom. The third-order valence-corrected chi connectivity index (χ3v) is 9.04. The summed E-state index contributed by atoms with van der Waals surface area (Å²) in [5, 5.41) is 1.26. The fraction of sp³-hybridized carbons (Fsp3) is 0.556. The topological polar surface area (TPSA) is 84.1 Å². The fourth-order valence-corrected chi connectivity index (χ4v) is 6.83. The van der Waals surface area contributed by atoms with Crippen molar-refractivity contribution in [3.8, 4) is 22.8 Å². The second kappa shape index (κ2) is 13.2. The standard InChI is InChI=1S/C36H49N3O5/c1-23(2)33-28-19-25(10-12-29(28)37-34(33)26-11-13-30(42-6)31(20-26)43-7)24-14-17-39(18-15-24)32(40)22-38-16-8-9-27(21-38)35(41)44-36(3,4)5/h10-13,19-20,23-24,27,37H,8-9,14-18,21-22H2,1-7H3. The minimum absolute atomic E-state index is 0.147. The highest BCUT2D eigenvalue weighted by atomic mass is 16.6. The Balaban J connectivity index is 1.24. The van der Waals surface area contributed by atoms with Gasteiger partial charge in [0.1, 0.15) is 5.60 Å². The van der Waals surface area contributed by atoms with E-state index in [1.54, 1.807) is 14.2 Å². The molecule has 8 nitrogen and oxygen atoms in total. The normalized spacial score (nSPS) is 18.5. The van der Waals surface area contributed by atoms with Crippen LogP contribution in [0.25, 0.3) is 22.2 Å². The van der Waals surface area contributed by atoms with E-state index in [1.807, 2.05) is 37.8 Å². The Bertz CT molecular complexity index is 1480. The number of benzene rings is 2. The second-order valence-corrected chi connectivity index (χ2v) is 13.7. The Kier molecular flexibility index (Phi) is 9.59. The molecule has 3 aromatic rings. The molecule has 1 N–H and O–H groups in total. The van der Waals surface area contributed by atoms with Crippen molar-refractivity contribution in [1.29, 1.82) is 0 Å². The Morgan fingerprint density at radius 3 is 2.34 bits per heavy atom. The molecule has 238 valence electrons. The van der Waals surface area contributed by atoms with Gasteiger partial charge in [0, 0.05) is 36.1 Å². The van der Waals surface area contributed by atoms with E-state index in [0.29, 0.717) is 36.4 Å². The number of likely N-dealkylation sites (tertiary alicyclic amines) is 2. The monoisotopic (exact) mass is 603 g/mol. The lowest BCUT2D eigenvalue weighted by atomic mass is 9.87. The number of methoxy groups -OCH3 is 2. The zero-order chi connectivity index (χ0) is 31.6. The molecule has 2 aromatic carbocycles. The number of amides is 1. The SMILES string of the molecule is COc1ccc(-c2[nH]c3ccc(C4CCN(C(=O)CN5CCCC(C(=O)OC(C)(C)C)C5)CC4)cc3c2C(C)C)cc1OC. The molecule has 0 bridgehead atoms. The van der Waals surface area contributed by atoms with E-state index < -0.39 is 5.60 Å². The molecule has 0 saturated carbocycles. The molecule has 1 amide bonds. The van der Waals surface area contributed by atoms with Crippen LogP contribution in [0.3, 0.4) is 0 Å². The smallest absolute Gasteiger partial charge is 0.310 e. The number of hydrogen-bond donors (Lipinski definition) is 1. The van der Waals surface area contributed by atoms with E-state index in [0.717, 1.165) is 62.1 Å². The van der Waals surface area contributed by atoms with Gasteiger partial charge in [-0.2, -0.15) is 0 Å². The van der Waals surface area contributed by atoms with Crippen LogP contribution in [0.4, 0.5) is 0 Å². The maximum atomic E-state index is 13.3. The number of ether oxygens (including phenoxy) is 3. The summed E-state index contributed by atoms with van der Waals surface area (Å²) >= 11 is 0. The van der Waals surface area contributed by atoms with E-state index >= 15 is 0 Å². The van der Waals surface area contributed by atoms with Crippen molar-refractivity contribution in [3.63, 3.8) is 0 Å². The van der Waals surface area contributed by atoms with Crippen LogP contribution in [-0.2, 0) is 14.3 Å². The van der Waals surface area contributed by atoms with Crippen molar-refractivity contribution in [1.82, 2.24) is 14.8 Å². The largest absolute Gasteiger partial charge is 0.493 e. The Morgan fingerprint density at radius 2 is 1.68 bits per heavy atom. The van der Waals surface area contributed by atoms with Crippen LogP contribution in [-0.4, -0.2) is 79.2 Å². The number of H-pyrrole nitrogens is 1. The number of nitrogens with one attached hydrogen (secondary N) is 1. The molecule has 3 heterocycles. The summed E-state index contributed by atoms with van der Waals surface area (Å²) in [6, 6.07) is 12.9. The van der Waals surface area contributed by atoms with Gasteiger partial charge in [-0.3, -0.25) is 14.5 Å². The van der Waals surface area contributed by atoms with E-state index in [-0.39, 0.29) is 17.8 Å². The molecule has 2 saturated heterocycles. The van der Waals surface area contributed by atoms with Gasteiger partial charge in [-0.15, -0.1) is 0 Å². The van der Waals surface area contributed by atoms with Gasteiger partial charge in [0.25, 0.3) is 0 Å². The number of carbonyl (C=O) groups is 2. The number of hydrogen-bond acceptors (Lipinski definition) is 6. The molecule has 1 unspecified atom stereocenters. The number of piperidine rings is 2. The van der Waals surface area contributed by atoms with Crippen molar-refractivity contribution in [2.24, 2.45) is 5.92 Å². The van der Waals surface area contributed by atoms with Crippen molar-refractivity contribution in [2.45, 2.75) is 77.7 Å². The summed E-state index contributed by atoms with van der Waals surface area (Å²) in [6.45, 7) is 13.5. The molecular formula is C36H49N3O5. The lowest BCUT2D eigenvalue weighted by Crippen LogP contribution is -2.48. The van der Waals surface area contributed by atoms with Crippen molar-refractivity contribution < 1.29 is 23.8 Å². The first-order valence-electron chi connectivity index (χ1n) is 16.1. The van der Waals surface area contributed by atoms with Gasteiger partial charge in [0.05, 0.1) is 32.4 Å². The molecule has 0 radical (unpaired) electrons. The molecule has 2 aliphatic rings. The number of fused-ring (bicyclic) bond motifs is 1. The van der Waals surface area contributed by atoms with Crippen LogP contribution in [0.5, 0.6) is 11.5 Å². The Labute approximate surface area is 262 Å². The van der Waals surface area contributed by atoms with Crippen LogP contribution < -0.4 is 9.47 Å². The van der Waals surface area contributed by atoms with Crippen LogP contribution in [0.1, 0.15) is 83.3 Å². The summed E-state index contributed by atoms with van der Waals surface area (Å²) in [5.41, 5.74) is 5.45. The number of aromatic amines is 1. The van der Waals surface area contributed by atoms with Gasteiger partial charge in [-0.1, -0.05) is 19.9 Å². The quantitative estimate of drug-likeness (QED) is 0.287. The van der Waals surface area contributed by atoms with Gasteiger partial charge in [-0.05, 0) is 106 Å². The van der Waals surface area contributed by atoms with Crippen LogP contribution in [0.15, 0.2) is 36.4 Å². The van der Waals surface area contributed by atoms with Gasteiger partial charge < -0.3 is 24.1 Å².